The van der Waals surface area contributed by atoms with E-state index in [-0.39, 0.29) is 16.8 Å². The van der Waals surface area contributed by atoms with Gasteiger partial charge in [0.05, 0.1) is 16.8 Å². The molecule has 1 heterocycles. The molecule has 0 bridgehead atoms. The maximum Gasteiger partial charge on any atom is 0.416 e. The summed E-state index contributed by atoms with van der Waals surface area (Å²) < 4.78 is 50.9. The van der Waals surface area contributed by atoms with Crippen LogP contribution < -0.4 is 0 Å². The van der Waals surface area contributed by atoms with Crippen molar-refractivity contribution in [3.8, 4) is 11.3 Å². The summed E-state index contributed by atoms with van der Waals surface area (Å²) >= 11 is 0. The van der Waals surface area contributed by atoms with Crippen LogP contribution in [0.4, 0.5) is 17.6 Å². The third-order valence-corrected chi connectivity index (χ3v) is 2.58. The number of halogens is 4. The summed E-state index contributed by atoms with van der Waals surface area (Å²) in [5, 5.41) is 8.81. The van der Waals surface area contributed by atoms with Gasteiger partial charge in [-0.05, 0) is 30.3 Å². The second-order valence-electron chi connectivity index (χ2n) is 3.93. The van der Waals surface area contributed by atoms with E-state index >= 15 is 0 Å². The Morgan fingerprint density at radius 2 is 1.85 bits per heavy atom. The first kappa shape index (κ1) is 14.0. The molecular weight excluding hydrogens is 278 g/mol. The smallest absolute Gasteiger partial charge is 0.416 e. The van der Waals surface area contributed by atoms with E-state index < -0.39 is 23.5 Å². The first-order valence-corrected chi connectivity index (χ1v) is 5.35. The molecule has 0 saturated heterocycles. The Kier molecular flexibility index (Phi) is 3.44. The summed E-state index contributed by atoms with van der Waals surface area (Å²) in [6.45, 7) is 0. The molecule has 0 spiro atoms. The molecule has 0 aliphatic heterocycles. The van der Waals surface area contributed by atoms with E-state index in [0.717, 1.165) is 18.3 Å². The van der Waals surface area contributed by atoms with Gasteiger partial charge in [0.25, 0.3) is 0 Å². The number of hydrogen-bond acceptors (Lipinski definition) is 2. The predicted molar refractivity (Wildman–Crippen MR) is 61.6 cm³/mol. The number of carboxylic acids is 1. The highest BCUT2D eigenvalue weighted by molar-refractivity contribution is 5.88. The van der Waals surface area contributed by atoms with Crippen molar-refractivity contribution in [2.75, 3.05) is 0 Å². The number of pyridine rings is 1. The van der Waals surface area contributed by atoms with Crippen LogP contribution in [-0.2, 0) is 6.18 Å². The molecule has 7 heteroatoms. The minimum Gasteiger partial charge on any atom is -0.478 e. The van der Waals surface area contributed by atoms with Gasteiger partial charge in [-0.15, -0.1) is 0 Å². The van der Waals surface area contributed by atoms with Crippen LogP contribution in [0.5, 0.6) is 0 Å². The molecule has 0 saturated carbocycles. The highest BCUT2D eigenvalue weighted by Crippen LogP contribution is 2.32. The fourth-order valence-corrected chi connectivity index (χ4v) is 1.61. The zero-order valence-electron chi connectivity index (χ0n) is 9.78. The molecule has 0 amide bonds. The molecule has 1 aromatic heterocycles. The molecule has 20 heavy (non-hydrogen) atoms. The van der Waals surface area contributed by atoms with Crippen molar-refractivity contribution in [1.82, 2.24) is 4.98 Å². The van der Waals surface area contributed by atoms with Gasteiger partial charge in [-0.1, -0.05) is 0 Å². The van der Waals surface area contributed by atoms with E-state index in [1.807, 2.05) is 0 Å². The molecule has 0 aliphatic carbocycles. The molecule has 2 aromatic rings. The van der Waals surface area contributed by atoms with Crippen molar-refractivity contribution < 1.29 is 27.5 Å². The van der Waals surface area contributed by atoms with Crippen molar-refractivity contribution in [2.24, 2.45) is 0 Å². The topological polar surface area (TPSA) is 50.2 Å². The number of hydrogen-bond donors (Lipinski definition) is 1. The number of alkyl halides is 3. The van der Waals surface area contributed by atoms with Crippen molar-refractivity contribution in [3.63, 3.8) is 0 Å². The average molecular weight is 285 g/mol. The van der Waals surface area contributed by atoms with Gasteiger partial charge < -0.3 is 5.11 Å². The van der Waals surface area contributed by atoms with Crippen molar-refractivity contribution in [3.05, 3.63) is 53.5 Å². The largest absolute Gasteiger partial charge is 0.478 e. The maximum absolute atomic E-state index is 13.7. The summed E-state index contributed by atoms with van der Waals surface area (Å²) in [6, 6.07) is 4.28. The Bertz CT molecular complexity index is 668. The predicted octanol–water partition coefficient (Wildman–Crippen LogP) is 3.60. The molecule has 1 aromatic carbocycles. The minimum absolute atomic E-state index is 0.0453. The van der Waals surface area contributed by atoms with Crippen LogP contribution in [0.1, 0.15) is 15.9 Å². The van der Waals surface area contributed by atoms with E-state index in [0.29, 0.717) is 12.1 Å². The Labute approximate surface area is 110 Å². The summed E-state index contributed by atoms with van der Waals surface area (Å²) in [6.07, 6.45) is -3.49. The van der Waals surface area contributed by atoms with Crippen LogP contribution in [0.3, 0.4) is 0 Å². The Morgan fingerprint density at radius 1 is 1.15 bits per heavy atom. The molecule has 0 radical (unpaired) electrons. The number of rotatable bonds is 2. The lowest BCUT2D eigenvalue weighted by molar-refractivity contribution is -0.137. The molecule has 0 unspecified atom stereocenters. The quantitative estimate of drug-likeness (QED) is 0.858. The van der Waals surface area contributed by atoms with Crippen LogP contribution in [0, 0.1) is 5.82 Å². The highest BCUT2D eigenvalue weighted by atomic mass is 19.4. The number of carbonyl (C=O) groups is 1. The minimum atomic E-state index is -4.64. The van der Waals surface area contributed by atoms with Crippen LogP contribution in [0.25, 0.3) is 11.3 Å². The SMILES string of the molecule is O=C(O)c1ccnc(-c2ccc(C(F)(F)F)cc2F)c1. The summed E-state index contributed by atoms with van der Waals surface area (Å²) in [5.74, 6) is -2.35. The molecule has 1 N–H and O–H groups in total. The number of benzene rings is 1. The lowest BCUT2D eigenvalue weighted by atomic mass is 10.1. The van der Waals surface area contributed by atoms with Gasteiger partial charge in [-0.2, -0.15) is 13.2 Å². The zero-order chi connectivity index (χ0) is 14.9. The zero-order valence-corrected chi connectivity index (χ0v) is 9.78. The van der Waals surface area contributed by atoms with Crippen molar-refractivity contribution >= 4 is 5.97 Å². The van der Waals surface area contributed by atoms with E-state index in [2.05, 4.69) is 4.98 Å². The van der Waals surface area contributed by atoms with E-state index in [9.17, 15) is 22.4 Å². The highest BCUT2D eigenvalue weighted by Gasteiger charge is 2.31. The second-order valence-corrected chi connectivity index (χ2v) is 3.93. The first-order chi connectivity index (χ1) is 9.29. The van der Waals surface area contributed by atoms with Crippen LogP contribution >= 0.6 is 0 Å². The Hall–Kier alpha value is -2.44. The number of aromatic nitrogens is 1. The average Bonchev–Trinajstić information content (AvgIpc) is 2.37. The van der Waals surface area contributed by atoms with Crippen molar-refractivity contribution in [1.29, 1.82) is 0 Å². The Morgan fingerprint density at radius 3 is 2.40 bits per heavy atom. The summed E-state index contributed by atoms with van der Waals surface area (Å²) in [7, 11) is 0. The second kappa shape index (κ2) is 4.92. The van der Waals surface area contributed by atoms with Gasteiger partial charge in [0.2, 0.25) is 0 Å². The summed E-state index contributed by atoms with van der Waals surface area (Å²) in [5.41, 5.74) is -1.49. The molecule has 0 fully saturated rings. The molecule has 0 atom stereocenters. The number of carboxylic acid groups (broad SMARTS) is 1. The monoisotopic (exact) mass is 285 g/mol. The molecular formula is C13H7F4NO2. The van der Waals surface area contributed by atoms with Gasteiger partial charge in [0.1, 0.15) is 5.82 Å². The summed E-state index contributed by atoms with van der Waals surface area (Å²) in [4.78, 5) is 14.5. The maximum atomic E-state index is 13.7. The van der Waals surface area contributed by atoms with Gasteiger partial charge in [-0.25, -0.2) is 9.18 Å². The molecule has 3 nitrogen and oxygen atoms in total. The van der Waals surface area contributed by atoms with Gasteiger partial charge in [0, 0.05) is 11.8 Å². The van der Waals surface area contributed by atoms with Gasteiger partial charge in [-0.3, -0.25) is 4.98 Å². The van der Waals surface area contributed by atoms with E-state index in [1.54, 1.807) is 0 Å². The number of nitrogens with zero attached hydrogens (tertiary/aromatic N) is 1. The lowest BCUT2D eigenvalue weighted by Gasteiger charge is -2.09. The molecule has 104 valence electrons. The van der Waals surface area contributed by atoms with Gasteiger partial charge >= 0.3 is 12.1 Å². The third-order valence-electron chi connectivity index (χ3n) is 2.58. The molecule has 2 rings (SSSR count). The number of aromatic carboxylic acids is 1. The third kappa shape index (κ3) is 2.76. The fraction of sp³-hybridized carbons (Fsp3) is 0.0769. The molecule has 0 aliphatic rings. The van der Waals surface area contributed by atoms with E-state index in [4.69, 9.17) is 5.11 Å². The van der Waals surface area contributed by atoms with Crippen LogP contribution in [0.15, 0.2) is 36.5 Å². The van der Waals surface area contributed by atoms with Gasteiger partial charge in [0.15, 0.2) is 0 Å². The van der Waals surface area contributed by atoms with Crippen LogP contribution in [0.2, 0.25) is 0 Å². The normalized spacial score (nSPS) is 11.4. The van der Waals surface area contributed by atoms with E-state index in [1.165, 1.54) is 6.07 Å². The Balaban J connectivity index is 2.49. The van der Waals surface area contributed by atoms with Crippen LogP contribution in [-0.4, -0.2) is 16.1 Å². The first-order valence-electron chi connectivity index (χ1n) is 5.35. The van der Waals surface area contributed by atoms with Crippen molar-refractivity contribution in [2.45, 2.75) is 6.18 Å². The standard InChI is InChI=1S/C13H7F4NO2/c14-10-6-8(13(15,16)17)1-2-9(10)11-5-7(12(19)20)3-4-18-11/h1-6H,(H,19,20). The fourth-order valence-electron chi connectivity index (χ4n) is 1.61. The lowest BCUT2D eigenvalue weighted by Crippen LogP contribution is -2.05.